The van der Waals surface area contributed by atoms with Crippen LogP contribution in [-0.2, 0) is 6.42 Å². The predicted octanol–water partition coefficient (Wildman–Crippen LogP) is 4.58. The van der Waals surface area contributed by atoms with E-state index in [2.05, 4.69) is 20.9 Å². The van der Waals surface area contributed by atoms with Crippen LogP contribution in [-0.4, -0.2) is 10.8 Å². The molecule has 0 unspecified atom stereocenters. The minimum atomic E-state index is -0.0997. The summed E-state index contributed by atoms with van der Waals surface area (Å²) >= 11 is 15.1. The number of benzene rings is 1. The molecule has 2 nitrogen and oxygen atoms in total. The number of aromatic nitrogens is 1. The highest BCUT2D eigenvalue weighted by atomic mass is 79.9. The van der Waals surface area contributed by atoms with E-state index in [-0.39, 0.29) is 12.2 Å². The van der Waals surface area contributed by atoms with Crippen LogP contribution in [0.25, 0.3) is 0 Å². The molecular weight excluding hydrogens is 337 g/mol. The lowest BCUT2D eigenvalue weighted by molar-refractivity contribution is 0.0992. The average molecular weight is 345 g/mol. The number of hydrogen-bond acceptors (Lipinski definition) is 2. The van der Waals surface area contributed by atoms with Crippen molar-refractivity contribution in [1.29, 1.82) is 0 Å². The van der Waals surface area contributed by atoms with Crippen molar-refractivity contribution in [3.05, 3.63) is 62.3 Å². The number of rotatable bonds is 3. The summed E-state index contributed by atoms with van der Waals surface area (Å²) < 4.78 is 0.875. The predicted molar refractivity (Wildman–Crippen MR) is 76.4 cm³/mol. The summed E-state index contributed by atoms with van der Waals surface area (Å²) in [6.07, 6.45) is 1.86. The number of nitrogens with zero attached hydrogens (tertiary/aromatic N) is 1. The third-order valence-corrected chi connectivity index (χ3v) is 3.39. The molecule has 1 heterocycles. The molecule has 1 aromatic carbocycles. The number of carbonyl (C=O) groups excluding carboxylic acids is 1. The Hall–Kier alpha value is -0.900. The molecule has 0 bridgehead atoms. The zero-order chi connectivity index (χ0) is 13.1. The monoisotopic (exact) mass is 343 g/mol. The smallest absolute Gasteiger partial charge is 0.170 e. The topological polar surface area (TPSA) is 30.0 Å². The zero-order valence-electron chi connectivity index (χ0n) is 9.16. The number of ketones is 1. The van der Waals surface area contributed by atoms with Crippen LogP contribution in [0.4, 0.5) is 0 Å². The Morgan fingerprint density at radius 3 is 2.67 bits per heavy atom. The first-order chi connectivity index (χ1) is 8.56. The Morgan fingerprint density at radius 1 is 1.22 bits per heavy atom. The Bertz CT molecular complexity index is 584. The van der Waals surface area contributed by atoms with Crippen molar-refractivity contribution in [1.82, 2.24) is 4.98 Å². The maximum atomic E-state index is 12.1. The van der Waals surface area contributed by atoms with Crippen LogP contribution in [0.3, 0.4) is 0 Å². The molecule has 0 amide bonds. The molecule has 1 aromatic heterocycles. The Kier molecular flexibility index (Phi) is 4.38. The van der Waals surface area contributed by atoms with E-state index < -0.39 is 0 Å². The molecule has 0 spiro atoms. The highest BCUT2D eigenvalue weighted by Crippen LogP contribution is 2.22. The van der Waals surface area contributed by atoms with Crippen molar-refractivity contribution in [2.75, 3.05) is 0 Å². The van der Waals surface area contributed by atoms with Gasteiger partial charge in [0.05, 0.1) is 11.4 Å². The SMILES string of the molecule is O=C(Cc1ccc(Br)cn1)c1cc(Cl)ccc1Cl. The van der Waals surface area contributed by atoms with E-state index in [1.165, 1.54) is 0 Å². The standard InChI is InChI=1S/C13H8BrCl2NO/c14-8-1-3-10(17-7-8)6-13(18)11-5-9(15)2-4-12(11)16/h1-5,7H,6H2. The van der Waals surface area contributed by atoms with Crippen LogP contribution in [0.2, 0.25) is 10.0 Å². The van der Waals surface area contributed by atoms with Gasteiger partial charge in [-0.2, -0.15) is 0 Å². The molecule has 0 N–H and O–H groups in total. The zero-order valence-corrected chi connectivity index (χ0v) is 12.3. The van der Waals surface area contributed by atoms with E-state index in [0.717, 1.165) is 4.47 Å². The van der Waals surface area contributed by atoms with Crippen molar-refractivity contribution >= 4 is 44.9 Å². The third kappa shape index (κ3) is 3.31. The highest BCUT2D eigenvalue weighted by Gasteiger charge is 2.12. The van der Waals surface area contributed by atoms with E-state index in [9.17, 15) is 4.79 Å². The molecule has 0 fully saturated rings. The van der Waals surface area contributed by atoms with Gasteiger partial charge in [0.1, 0.15) is 0 Å². The van der Waals surface area contributed by atoms with Gasteiger partial charge in [0.2, 0.25) is 0 Å². The summed E-state index contributed by atoms with van der Waals surface area (Å²) in [5, 5.41) is 0.896. The van der Waals surface area contributed by atoms with Crippen molar-refractivity contribution in [3.63, 3.8) is 0 Å². The van der Waals surface area contributed by atoms with Gasteiger partial charge in [-0.15, -0.1) is 0 Å². The van der Waals surface area contributed by atoms with E-state index in [4.69, 9.17) is 23.2 Å². The van der Waals surface area contributed by atoms with Gasteiger partial charge in [0, 0.05) is 26.9 Å². The molecule has 0 atom stereocenters. The minimum Gasteiger partial charge on any atom is -0.294 e. The fourth-order valence-electron chi connectivity index (χ4n) is 1.48. The van der Waals surface area contributed by atoms with Crippen molar-refractivity contribution in [2.45, 2.75) is 6.42 Å². The summed E-state index contributed by atoms with van der Waals surface area (Å²) in [5.41, 5.74) is 1.12. The number of halogens is 3. The Morgan fingerprint density at radius 2 is 2.00 bits per heavy atom. The summed E-state index contributed by atoms with van der Waals surface area (Å²) in [6, 6.07) is 8.48. The number of Topliss-reactive ketones (excluding diaryl/α,β-unsaturated/α-hetero) is 1. The van der Waals surface area contributed by atoms with Gasteiger partial charge in [-0.05, 0) is 46.3 Å². The number of carbonyl (C=O) groups is 1. The van der Waals surface area contributed by atoms with Crippen molar-refractivity contribution < 1.29 is 4.79 Å². The first kappa shape index (κ1) is 13.5. The normalized spacial score (nSPS) is 10.4. The van der Waals surface area contributed by atoms with E-state index in [1.54, 1.807) is 30.5 Å². The first-order valence-electron chi connectivity index (χ1n) is 5.15. The fraction of sp³-hybridized carbons (Fsp3) is 0.0769. The molecule has 0 saturated carbocycles. The van der Waals surface area contributed by atoms with Crippen molar-refractivity contribution in [3.8, 4) is 0 Å². The summed E-state index contributed by atoms with van der Waals surface area (Å²) in [6.45, 7) is 0. The first-order valence-corrected chi connectivity index (χ1v) is 6.70. The molecule has 5 heteroatoms. The maximum Gasteiger partial charge on any atom is 0.170 e. The summed E-state index contributed by atoms with van der Waals surface area (Å²) in [4.78, 5) is 16.2. The van der Waals surface area contributed by atoms with Crippen LogP contribution in [0.15, 0.2) is 41.0 Å². The van der Waals surface area contributed by atoms with E-state index >= 15 is 0 Å². The molecule has 0 aliphatic heterocycles. The van der Waals surface area contributed by atoms with Crippen LogP contribution in [0.1, 0.15) is 16.1 Å². The van der Waals surface area contributed by atoms with Gasteiger partial charge < -0.3 is 0 Å². The van der Waals surface area contributed by atoms with Gasteiger partial charge >= 0.3 is 0 Å². The van der Waals surface area contributed by atoms with Crippen LogP contribution >= 0.6 is 39.1 Å². The number of pyridine rings is 1. The molecule has 0 aliphatic carbocycles. The lowest BCUT2D eigenvalue weighted by atomic mass is 10.1. The van der Waals surface area contributed by atoms with E-state index in [0.29, 0.717) is 21.3 Å². The second-order valence-electron chi connectivity index (χ2n) is 3.69. The van der Waals surface area contributed by atoms with Crippen molar-refractivity contribution in [2.24, 2.45) is 0 Å². The Balaban J connectivity index is 2.21. The van der Waals surface area contributed by atoms with Gasteiger partial charge in [0.25, 0.3) is 0 Å². The largest absolute Gasteiger partial charge is 0.294 e. The lowest BCUT2D eigenvalue weighted by Gasteiger charge is -2.04. The minimum absolute atomic E-state index is 0.0997. The third-order valence-electron chi connectivity index (χ3n) is 2.36. The molecule has 2 aromatic rings. The highest BCUT2D eigenvalue weighted by molar-refractivity contribution is 9.10. The van der Waals surface area contributed by atoms with Crippen LogP contribution in [0, 0.1) is 0 Å². The van der Waals surface area contributed by atoms with Gasteiger partial charge in [0.15, 0.2) is 5.78 Å². The Labute approximate surface area is 123 Å². The second kappa shape index (κ2) is 5.83. The van der Waals surface area contributed by atoms with Gasteiger partial charge in [-0.1, -0.05) is 23.2 Å². The maximum absolute atomic E-state index is 12.1. The van der Waals surface area contributed by atoms with Gasteiger partial charge in [-0.3, -0.25) is 9.78 Å². The lowest BCUT2D eigenvalue weighted by Crippen LogP contribution is -2.05. The van der Waals surface area contributed by atoms with E-state index in [1.807, 2.05) is 6.07 Å². The summed E-state index contributed by atoms with van der Waals surface area (Å²) in [7, 11) is 0. The quantitative estimate of drug-likeness (QED) is 0.763. The van der Waals surface area contributed by atoms with Gasteiger partial charge in [-0.25, -0.2) is 0 Å². The molecular formula is C13H8BrCl2NO. The molecule has 0 radical (unpaired) electrons. The van der Waals surface area contributed by atoms with Crippen LogP contribution < -0.4 is 0 Å². The summed E-state index contributed by atoms with van der Waals surface area (Å²) in [5.74, 6) is -0.0997. The number of hydrogen-bond donors (Lipinski definition) is 0. The fourth-order valence-corrected chi connectivity index (χ4v) is 2.11. The molecule has 92 valence electrons. The molecule has 0 aliphatic rings. The molecule has 0 saturated heterocycles. The average Bonchev–Trinajstić information content (AvgIpc) is 2.35. The second-order valence-corrected chi connectivity index (χ2v) is 5.45. The van der Waals surface area contributed by atoms with Crippen LogP contribution in [0.5, 0.6) is 0 Å². The molecule has 18 heavy (non-hydrogen) atoms. The molecule has 2 rings (SSSR count).